The van der Waals surface area contributed by atoms with E-state index in [0.29, 0.717) is 19.3 Å². The summed E-state index contributed by atoms with van der Waals surface area (Å²) >= 11 is 0. The van der Waals surface area contributed by atoms with E-state index in [2.05, 4.69) is 32.9 Å². The van der Waals surface area contributed by atoms with Gasteiger partial charge in [0.1, 0.15) is 13.2 Å². The molecule has 6 heteroatoms. The molecule has 1 unspecified atom stereocenters. The molecule has 0 bridgehead atoms. The summed E-state index contributed by atoms with van der Waals surface area (Å²) in [7, 11) is 0. The number of hydrogen-bond donors (Lipinski definition) is 0. The molecule has 0 N–H and O–H groups in total. The van der Waals surface area contributed by atoms with E-state index in [1.165, 1.54) is 250 Å². The van der Waals surface area contributed by atoms with Crippen molar-refractivity contribution in [1.29, 1.82) is 0 Å². The summed E-state index contributed by atoms with van der Waals surface area (Å²) in [6.07, 6.45) is 66.5. The average molecular weight is 960 g/mol. The molecule has 0 aromatic heterocycles. The molecule has 0 saturated heterocycles. The Kier molecular flexibility index (Phi) is 56.2. The van der Waals surface area contributed by atoms with Crippen molar-refractivity contribution in [2.45, 2.75) is 354 Å². The van der Waals surface area contributed by atoms with Gasteiger partial charge in [0.25, 0.3) is 0 Å². The van der Waals surface area contributed by atoms with Gasteiger partial charge >= 0.3 is 17.9 Å². The lowest BCUT2D eigenvalue weighted by molar-refractivity contribution is -0.167. The Bertz CT molecular complexity index is 1060. The minimum absolute atomic E-state index is 0.0658. The van der Waals surface area contributed by atoms with E-state index in [9.17, 15) is 14.4 Å². The average Bonchev–Trinajstić information content (AvgIpc) is 3.34. The fourth-order valence-electron chi connectivity index (χ4n) is 9.38. The van der Waals surface area contributed by atoms with Gasteiger partial charge in [-0.25, -0.2) is 0 Å². The summed E-state index contributed by atoms with van der Waals surface area (Å²) in [6, 6.07) is 0. The highest BCUT2D eigenvalue weighted by molar-refractivity contribution is 5.71. The highest BCUT2D eigenvalue weighted by atomic mass is 16.6. The van der Waals surface area contributed by atoms with Crippen LogP contribution in [0.4, 0.5) is 0 Å². The summed E-state index contributed by atoms with van der Waals surface area (Å²) < 4.78 is 16.9. The lowest BCUT2D eigenvalue weighted by Gasteiger charge is -2.18. The van der Waals surface area contributed by atoms with Gasteiger partial charge in [-0.05, 0) is 44.9 Å². The Labute approximate surface area is 424 Å². The van der Waals surface area contributed by atoms with Gasteiger partial charge in [0.15, 0.2) is 6.10 Å². The third kappa shape index (κ3) is 55.1. The zero-order valence-corrected chi connectivity index (χ0v) is 46.2. The van der Waals surface area contributed by atoms with Crippen molar-refractivity contribution in [2.24, 2.45) is 0 Å². The van der Waals surface area contributed by atoms with E-state index in [-0.39, 0.29) is 31.1 Å². The van der Waals surface area contributed by atoms with Gasteiger partial charge in [0.05, 0.1) is 0 Å². The van der Waals surface area contributed by atoms with Gasteiger partial charge in [-0.15, -0.1) is 0 Å². The first kappa shape index (κ1) is 66.2. The Morgan fingerprint density at radius 3 is 0.735 bits per heavy atom. The van der Waals surface area contributed by atoms with Crippen LogP contribution in [0.3, 0.4) is 0 Å². The van der Waals surface area contributed by atoms with Gasteiger partial charge in [-0.3, -0.25) is 14.4 Å². The molecule has 0 aliphatic carbocycles. The molecule has 68 heavy (non-hydrogen) atoms. The second-order valence-electron chi connectivity index (χ2n) is 21.0. The van der Waals surface area contributed by atoms with Gasteiger partial charge in [-0.1, -0.05) is 296 Å². The molecule has 0 aromatic carbocycles. The monoisotopic (exact) mass is 959 g/mol. The van der Waals surface area contributed by atoms with Crippen molar-refractivity contribution in [3.8, 4) is 0 Å². The fraction of sp³-hybridized carbons (Fsp3) is 0.919. The van der Waals surface area contributed by atoms with Crippen molar-refractivity contribution in [1.82, 2.24) is 0 Å². The number of allylic oxidation sites excluding steroid dienone is 2. The second kappa shape index (κ2) is 57.7. The molecule has 402 valence electrons. The van der Waals surface area contributed by atoms with Gasteiger partial charge in [0.2, 0.25) is 0 Å². The molecule has 6 nitrogen and oxygen atoms in total. The smallest absolute Gasteiger partial charge is 0.306 e. The molecule has 0 amide bonds. The lowest BCUT2D eigenvalue weighted by atomic mass is 10.0. The molecule has 0 aliphatic rings. The molecule has 0 radical (unpaired) electrons. The van der Waals surface area contributed by atoms with E-state index in [1.54, 1.807) is 0 Å². The van der Waals surface area contributed by atoms with Crippen molar-refractivity contribution in [2.75, 3.05) is 13.2 Å². The minimum Gasteiger partial charge on any atom is -0.462 e. The number of rotatable bonds is 57. The Hall–Kier alpha value is -1.85. The van der Waals surface area contributed by atoms with Crippen LogP contribution in [0, 0.1) is 0 Å². The number of hydrogen-bond acceptors (Lipinski definition) is 6. The molecular weight excluding hydrogens is 841 g/mol. The van der Waals surface area contributed by atoms with Crippen LogP contribution < -0.4 is 0 Å². The first-order valence-electron chi connectivity index (χ1n) is 30.7. The van der Waals surface area contributed by atoms with Crippen LogP contribution in [0.1, 0.15) is 348 Å². The van der Waals surface area contributed by atoms with Crippen LogP contribution in [0.25, 0.3) is 0 Å². The van der Waals surface area contributed by atoms with E-state index in [1.807, 2.05) is 0 Å². The molecule has 0 heterocycles. The van der Waals surface area contributed by atoms with Crippen LogP contribution in [0.15, 0.2) is 12.2 Å². The Morgan fingerprint density at radius 1 is 0.279 bits per heavy atom. The topological polar surface area (TPSA) is 78.9 Å². The quantitative estimate of drug-likeness (QED) is 0.0262. The lowest BCUT2D eigenvalue weighted by Crippen LogP contribution is -2.30. The van der Waals surface area contributed by atoms with Crippen molar-refractivity contribution >= 4 is 17.9 Å². The second-order valence-corrected chi connectivity index (χ2v) is 21.0. The normalized spacial score (nSPS) is 12.0. The molecule has 0 aliphatic heterocycles. The number of carbonyl (C=O) groups excluding carboxylic acids is 3. The maximum Gasteiger partial charge on any atom is 0.306 e. The molecule has 0 aromatic rings. The maximum absolute atomic E-state index is 12.8. The molecular formula is C62H118O6. The van der Waals surface area contributed by atoms with Gasteiger partial charge < -0.3 is 14.2 Å². The molecule has 1 atom stereocenters. The van der Waals surface area contributed by atoms with E-state index in [0.717, 1.165) is 57.8 Å². The summed E-state index contributed by atoms with van der Waals surface area (Å²) in [4.78, 5) is 38.1. The van der Waals surface area contributed by atoms with Gasteiger partial charge in [-0.2, -0.15) is 0 Å². The zero-order valence-electron chi connectivity index (χ0n) is 46.2. The standard InChI is InChI=1S/C62H118O6/c1-4-7-10-13-16-19-22-24-26-28-29-30-31-32-33-35-36-38-40-43-46-49-52-55-61(64)67-58-59(57-66-60(63)54-51-48-45-42-21-18-15-12-9-6-3)68-62(65)56-53-50-47-44-41-39-37-34-27-25-23-20-17-14-11-8-5-2/h25,27,59H,4-24,26,28-58H2,1-3H3/b27-25-. The predicted octanol–water partition coefficient (Wildman–Crippen LogP) is 20.5. The fourth-order valence-corrected chi connectivity index (χ4v) is 9.38. The number of ether oxygens (including phenoxy) is 3. The Balaban J connectivity index is 4.19. The Morgan fingerprint density at radius 2 is 0.485 bits per heavy atom. The van der Waals surface area contributed by atoms with E-state index >= 15 is 0 Å². The molecule has 0 spiro atoms. The van der Waals surface area contributed by atoms with Crippen LogP contribution in [0.5, 0.6) is 0 Å². The number of unbranched alkanes of at least 4 members (excludes halogenated alkanes) is 44. The largest absolute Gasteiger partial charge is 0.462 e. The number of carbonyl (C=O) groups is 3. The third-order valence-corrected chi connectivity index (χ3v) is 14.0. The summed E-state index contributed by atoms with van der Waals surface area (Å²) in [5, 5.41) is 0. The summed E-state index contributed by atoms with van der Waals surface area (Å²) in [5.41, 5.74) is 0. The zero-order chi connectivity index (χ0) is 49.3. The van der Waals surface area contributed by atoms with Crippen molar-refractivity contribution in [3.63, 3.8) is 0 Å². The van der Waals surface area contributed by atoms with E-state index in [4.69, 9.17) is 14.2 Å². The van der Waals surface area contributed by atoms with Crippen molar-refractivity contribution in [3.05, 3.63) is 12.2 Å². The highest BCUT2D eigenvalue weighted by Gasteiger charge is 2.19. The molecule has 0 saturated carbocycles. The van der Waals surface area contributed by atoms with Crippen LogP contribution in [-0.2, 0) is 28.6 Å². The minimum atomic E-state index is -0.766. The SMILES string of the molecule is CCCCCCCC/C=C\CCCCCCCCCC(=O)OC(COC(=O)CCCCCCCCCCCC)COC(=O)CCCCCCCCCCCCCCCCCCCCCCCCC. The molecule has 0 fully saturated rings. The van der Waals surface area contributed by atoms with Crippen molar-refractivity contribution < 1.29 is 28.6 Å². The van der Waals surface area contributed by atoms with Crippen LogP contribution >= 0.6 is 0 Å². The van der Waals surface area contributed by atoms with Crippen LogP contribution in [-0.4, -0.2) is 37.2 Å². The highest BCUT2D eigenvalue weighted by Crippen LogP contribution is 2.18. The maximum atomic E-state index is 12.8. The number of esters is 3. The summed E-state index contributed by atoms with van der Waals surface area (Å²) in [5.74, 6) is -0.846. The predicted molar refractivity (Wildman–Crippen MR) is 293 cm³/mol. The van der Waals surface area contributed by atoms with Gasteiger partial charge in [0, 0.05) is 19.3 Å². The molecule has 0 rings (SSSR count). The first-order chi connectivity index (χ1) is 33.5. The van der Waals surface area contributed by atoms with E-state index < -0.39 is 6.10 Å². The summed E-state index contributed by atoms with van der Waals surface area (Å²) in [6.45, 7) is 6.68. The first-order valence-corrected chi connectivity index (χ1v) is 30.7. The third-order valence-electron chi connectivity index (χ3n) is 14.0. The van der Waals surface area contributed by atoms with Crippen LogP contribution in [0.2, 0.25) is 0 Å².